The van der Waals surface area contributed by atoms with E-state index in [1.807, 2.05) is 37.3 Å². The van der Waals surface area contributed by atoms with E-state index < -0.39 is 5.56 Å². The molecule has 2 aromatic carbocycles. The third-order valence-electron chi connectivity index (χ3n) is 4.86. The molecule has 0 unspecified atom stereocenters. The van der Waals surface area contributed by atoms with Crippen molar-refractivity contribution in [1.29, 1.82) is 0 Å². The molecule has 0 radical (unpaired) electrons. The summed E-state index contributed by atoms with van der Waals surface area (Å²) in [4.78, 5) is 25.3. The third-order valence-corrected chi connectivity index (χ3v) is 4.86. The maximum absolute atomic E-state index is 13.5. The Hall–Kier alpha value is -3.41. The molecule has 0 aliphatic carbocycles. The standard InChI is InChI=1S/C21H18FN3O2/c1-13-4-6-14(7-5-13)17-12-18-19(20(26)24(3)21(27)23(18)2)25(17)16-10-8-15(22)9-11-16/h4-12H,1-3H3. The van der Waals surface area contributed by atoms with Crippen LogP contribution in [-0.4, -0.2) is 13.7 Å². The molecule has 2 aromatic heterocycles. The predicted molar refractivity (Wildman–Crippen MR) is 104 cm³/mol. The van der Waals surface area contributed by atoms with Crippen LogP contribution in [0.5, 0.6) is 0 Å². The summed E-state index contributed by atoms with van der Waals surface area (Å²) in [5, 5.41) is 0. The first-order valence-corrected chi connectivity index (χ1v) is 8.53. The molecule has 0 saturated heterocycles. The first kappa shape index (κ1) is 17.0. The summed E-state index contributed by atoms with van der Waals surface area (Å²) in [5.41, 5.74) is 3.55. The molecule has 4 rings (SSSR count). The molecule has 27 heavy (non-hydrogen) atoms. The van der Waals surface area contributed by atoms with Crippen molar-refractivity contribution in [2.45, 2.75) is 6.92 Å². The average Bonchev–Trinajstić information content (AvgIpc) is 3.06. The molecule has 0 atom stereocenters. The smallest absolute Gasteiger partial charge is 0.303 e. The van der Waals surface area contributed by atoms with Crippen molar-refractivity contribution in [2.75, 3.05) is 0 Å². The van der Waals surface area contributed by atoms with Crippen molar-refractivity contribution in [3.8, 4) is 16.9 Å². The van der Waals surface area contributed by atoms with Gasteiger partial charge in [0.25, 0.3) is 5.56 Å². The molecule has 2 heterocycles. The number of fused-ring (bicyclic) bond motifs is 1. The van der Waals surface area contributed by atoms with Gasteiger partial charge in [0.15, 0.2) is 0 Å². The van der Waals surface area contributed by atoms with Crippen molar-refractivity contribution in [3.63, 3.8) is 0 Å². The largest absolute Gasteiger partial charge is 0.331 e. The topological polar surface area (TPSA) is 48.9 Å². The minimum Gasteiger partial charge on any atom is -0.303 e. The van der Waals surface area contributed by atoms with E-state index in [-0.39, 0.29) is 11.5 Å². The maximum atomic E-state index is 13.5. The maximum Gasteiger partial charge on any atom is 0.331 e. The van der Waals surface area contributed by atoms with E-state index in [1.165, 1.54) is 23.7 Å². The van der Waals surface area contributed by atoms with E-state index in [9.17, 15) is 14.0 Å². The molecule has 6 heteroatoms. The summed E-state index contributed by atoms with van der Waals surface area (Å²) in [6.45, 7) is 2.00. The summed E-state index contributed by atoms with van der Waals surface area (Å²) >= 11 is 0. The van der Waals surface area contributed by atoms with Crippen molar-refractivity contribution in [2.24, 2.45) is 14.1 Å². The van der Waals surface area contributed by atoms with Gasteiger partial charge in [-0.15, -0.1) is 0 Å². The Kier molecular flexibility index (Phi) is 3.84. The van der Waals surface area contributed by atoms with Gasteiger partial charge in [-0.25, -0.2) is 9.18 Å². The van der Waals surface area contributed by atoms with Crippen LogP contribution in [0.2, 0.25) is 0 Å². The number of hydrogen-bond acceptors (Lipinski definition) is 2. The van der Waals surface area contributed by atoms with Gasteiger partial charge in [-0.05, 0) is 42.8 Å². The quantitative estimate of drug-likeness (QED) is 0.549. The van der Waals surface area contributed by atoms with E-state index >= 15 is 0 Å². The fourth-order valence-corrected chi connectivity index (χ4v) is 3.33. The van der Waals surface area contributed by atoms with E-state index in [1.54, 1.807) is 23.7 Å². The van der Waals surface area contributed by atoms with Gasteiger partial charge in [0.1, 0.15) is 11.3 Å². The number of rotatable bonds is 2. The monoisotopic (exact) mass is 363 g/mol. The highest BCUT2D eigenvalue weighted by Crippen LogP contribution is 2.29. The molecule has 0 aliphatic rings. The fourth-order valence-electron chi connectivity index (χ4n) is 3.33. The van der Waals surface area contributed by atoms with Gasteiger partial charge in [-0.2, -0.15) is 0 Å². The summed E-state index contributed by atoms with van der Waals surface area (Å²) in [7, 11) is 3.09. The number of nitrogens with zero attached hydrogens (tertiary/aromatic N) is 3. The zero-order valence-corrected chi connectivity index (χ0v) is 15.2. The van der Waals surface area contributed by atoms with Crippen LogP contribution < -0.4 is 11.2 Å². The van der Waals surface area contributed by atoms with Crippen molar-refractivity contribution >= 4 is 11.0 Å². The number of aromatic nitrogens is 3. The van der Waals surface area contributed by atoms with Gasteiger partial charge in [0.2, 0.25) is 0 Å². The average molecular weight is 363 g/mol. The Morgan fingerprint density at radius 3 is 2.11 bits per heavy atom. The molecule has 4 aromatic rings. The molecule has 0 spiro atoms. The SMILES string of the molecule is Cc1ccc(-c2cc3c(c(=O)n(C)c(=O)n3C)n2-c2ccc(F)cc2)cc1. The Balaban J connectivity index is 2.18. The lowest BCUT2D eigenvalue weighted by atomic mass is 10.1. The highest BCUT2D eigenvalue weighted by Gasteiger charge is 2.19. The Bertz CT molecular complexity index is 1280. The third kappa shape index (κ3) is 2.61. The van der Waals surface area contributed by atoms with Crippen LogP contribution in [0.4, 0.5) is 4.39 Å². The first-order valence-electron chi connectivity index (χ1n) is 8.53. The molecule has 0 amide bonds. The minimum absolute atomic E-state index is 0.354. The molecule has 0 bridgehead atoms. The van der Waals surface area contributed by atoms with Crippen LogP contribution >= 0.6 is 0 Å². The lowest BCUT2D eigenvalue weighted by molar-refractivity contribution is 0.627. The minimum atomic E-state index is -0.393. The van der Waals surface area contributed by atoms with Gasteiger partial charge in [0, 0.05) is 19.8 Å². The predicted octanol–water partition coefficient (Wildman–Crippen LogP) is 3.14. The second-order valence-electron chi connectivity index (χ2n) is 6.65. The Morgan fingerprint density at radius 1 is 0.852 bits per heavy atom. The van der Waals surface area contributed by atoms with Crippen LogP contribution in [0.15, 0.2) is 64.2 Å². The molecule has 0 aliphatic heterocycles. The Labute approximate surface area is 154 Å². The lowest BCUT2D eigenvalue weighted by Gasteiger charge is -2.12. The summed E-state index contributed by atoms with van der Waals surface area (Å²) < 4.78 is 17.8. The van der Waals surface area contributed by atoms with E-state index in [2.05, 4.69) is 0 Å². The van der Waals surface area contributed by atoms with E-state index in [0.717, 1.165) is 21.4 Å². The zero-order valence-electron chi connectivity index (χ0n) is 15.2. The van der Waals surface area contributed by atoms with E-state index in [4.69, 9.17) is 0 Å². The molecule has 0 N–H and O–H groups in total. The molecule has 5 nitrogen and oxygen atoms in total. The second kappa shape index (κ2) is 6.09. The lowest BCUT2D eigenvalue weighted by Crippen LogP contribution is -2.37. The first-order chi connectivity index (χ1) is 12.9. The molecule has 0 saturated carbocycles. The Morgan fingerprint density at radius 2 is 1.48 bits per heavy atom. The van der Waals surface area contributed by atoms with Crippen LogP contribution in [0.25, 0.3) is 28.0 Å². The molecule has 0 fully saturated rings. The molecular weight excluding hydrogens is 345 g/mol. The van der Waals surface area contributed by atoms with Gasteiger partial charge in [0.05, 0.1) is 11.2 Å². The van der Waals surface area contributed by atoms with Crippen LogP contribution in [0, 0.1) is 12.7 Å². The highest BCUT2D eigenvalue weighted by molar-refractivity contribution is 5.86. The summed E-state index contributed by atoms with van der Waals surface area (Å²) in [6, 6.07) is 15.7. The van der Waals surface area contributed by atoms with Gasteiger partial charge in [-0.1, -0.05) is 29.8 Å². The van der Waals surface area contributed by atoms with Gasteiger partial charge >= 0.3 is 5.69 Å². The summed E-state index contributed by atoms with van der Waals surface area (Å²) in [5.74, 6) is -0.354. The van der Waals surface area contributed by atoms with Crippen molar-refractivity contribution in [3.05, 3.63) is 86.8 Å². The molecule has 136 valence electrons. The van der Waals surface area contributed by atoms with Gasteiger partial charge < -0.3 is 4.57 Å². The number of benzene rings is 2. The van der Waals surface area contributed by atoms with Gasteiger partial charge in [-0.3, -0.25) is 13.9 Å². The second-order valence-corrected chi connectivity index (χ2v) is 6.65. The normalized spacial score (nSPS) is 11.3. The number of halogens is 1. The summed E-state index contributed by atoms with van der Waals surface area (Å²) in [6.07, 6.45) is 0. The number of hydrogen-bond donors (Lipinski definition) is 0. The van der Waals surface area contributed by atoms with E-state index in [0.29, 0.717) is 16.7 Å². The zero-order chi connectivity index (χ0) is 19.3. The van der Waals surface area contributed by atoms with Crippen LogP contribution in [-0.2, 0) is 14.1 Å². The highest BCUT2D eigenvalue weighted by atomic mass is 19.1. The van der Waals surface area contributed by atoms with Crippen molar-refractivity contribution < 1.29 is 4.39 Å². The number of aryl methyl sites for hydroxylation is 2. The van der Waals surface area contributed by atoms with Crippen LogP contribution in [0.1, 0.15) is 5.56 Å². The fraction of sp³-hybridized carbons (Fsp3) is 0.143. The molecular formula is C21H18FN3O2. The van der Waals surface area contributed by atoms with Crippen molar-refractivity contribution in [1.82, 2.24) is 13.7 Å². The van der Waals surface area contributed by atoms with Crippen LogP contribution in [0.3, 0.4) is 0 Å².